The SMILES string of the molecule is CC1CCC(C2CCC(O)CC2)CC1.CCS. The van der Waals surface area contributed by atoms with Crippen molar-refractivity contribution in [1.82, 2.24) is 0 Å². The molecule has 0 atom stereocenters. The summed E-state index contributed by atoms with van der Waals surface area (Å²) in [6.07, 6.45) is 10.6. The highest BCUT2D eigenvalue weighted by atomic mass is 32.1. The summed E-state index contributed by atoms with van der Waals surface area (Å²) in [5, 5.41) is 9.47. The fourth-order valence-corrected chi connectivity index (χ4v) is 3.33. The largest absolute Gasteiger partial charge is 0.393 e. The van der Waals surface area contributed by atoms with Gasteiger partial charge in [-0.15, -0.1) is 0 Å². The molecule has 0 saturated heterocycles. The molecule has 17 heavy (non-hydrogen) atoms. The van der Waals surface area contributed by atoms with Crippen LogP contribution in [0, 0.1) is 17.8 Å². The first-order valence-electron chi connectivity index (χ1n) is 7.46. The fourth-order valence-electron chi connectivity index (χ4n) is 3.33. The van der Waals surface area contributed by atoms with Crippen LogP contribution < -0.4 is 0 Å². The molecule has 102 valence electrons. The lowest BCUT2D eigenvalue weighted by atomic mass is 9.71. The lowest BCUT2D eigenvalue weighted by molar-refractivity contribution is 0.0780. The van der Waals surface area contributed by atoms with Gasteiger partial charge < -0.3 is 5.11 Å². The Morgan fingerprint density at radius 1 is 0.882 bits per heavy atom. The molecule has 0 unspecified atom stereocenters. The highest BCUT2D eigenvalue weighted by Crippen LogP contribution is 2.39. The van der Waals surface area contributed by atoms with E-state index in [4.69, 9.17) is 0 Å². The molecule has 0 heterocycles. The minimum Gasteiger partial charge on any atom is -0.393 e. The lowest BCUT2D eigenvalue weighted by Gasteiger charge is -2.36. The first kappa shape index (κ1) is 15.4. The molecular formula is C15H30OS. The van der Waals surface area contributed by atoms with Crippen molar-refractivity contribution in [3.63, 3.8) is 0 Å². The van der Waals surface area contributed by atoms with Crippen molar-refractivity contribution >= 4 is 12.6 Å². The zero-order valence-electron chi connectivity index (χ0n) is 11.6. The number of hydrogen-bond donors (Lipinski definition) is 2. The maximum Gasteiger partial charge on any atom is 0.0540 e. The third kappa shape index (κ3) is 5.65. The Morgan fingerprint density at radius 3 is 1.65 bits per heavy atom. The molecule has 2 heteroatoms. The van der Waals surface area contributed by atoms with E-state index >= 15 is 0 Å². The summed E-state index contributed by atoms with van der Waals surface area (Å²) in [5.41, 5.74) is 0. The van der Waals surface area contributed by atoms with Gasteiger partial charge in [-0.2, -0.15) is 12.6 Å². The smallest absolute Gasteiger partial charge is 0.0540 e. The third-order valence-corrected chi connectivity index (χ3v) is 4.47. The van der Waals surface area contributed by atoms with Gasteiger partial charge in [-0.25, -0.2) is 0 Å². The Bertz CT molecular complexity index is 159. The van der Waals surface area contributed by atoms with Crippen molar-refractivity contribution in [2.24, 2.45) is 17.8 Å². The molecule has 0 amide bonds. The predicted octanol–water partition coefficient (Wildman–Crippen LogP) is 4.30. The number of hydrogen-bond acceptors (Lipinski definition) is 2. The first-order valence-corrected chi connectivity index (χ1v) is 8.09. The van der Waals surface area contributed by atoms with E-state index in [0.29, 0.717) is 0 Å². The highest BCUT2D eigenvalue weighted by molar-refractivity contribution is 7.80. The maximum absolute atomic E-state index is 9.47. The van der Waals surface area contributed by atoms with E-state index in [-0.39, 0.29) is 6.10 Å². The van der Waals surface area contributed by atoms with E-state index in [1.54, 1.807) is 0 Å². The second-order valence-electron chi connectivity index (χ2n) is 5.90. The molecular weight excluding hydrogens is 228 g/mol. The van der Waals surface area contributed by atoms with Crippen molar-refractivity contribution < 1.29 is 5.11 Å². The van der Waals surface area contributed by atoms with Crippen LogP contribution >= 0.6 is 12.6 Å². The normalized spacial score (nSPS) is 38.1. The van der Waals surface area contributed by atoms with E-state index in [9.17, 15) is 5.11 Å². The predicted molar refractivity (Wildman–Crippen MR) is 78.6 cm³/mol. The number of thiol groups is 1. The molecule has 0 bridgehead atoms. The Labute approximate surface area is 113 Å². The summed E-state index contributed by atoms with van der Waals surface area (Å²) in [6, 6.07) is 0. The summed E-state index contributed by atoms with van der Waals surface area (Å²) in [5.74, 6) is 3.87. The van der Waals surface area contributed by atoms with E-state index in [1.165, 1.54) is 38.5 Å². The van der Waals surface area contributed by atoms with Gasteiger partial charge in [-0.3, -0.25) is 0 Å². The Hall–Kier alpha value is 0.310. The highest BCUT2D eigenvalue weighted by Gasteiger charge is 2.29. The van der Waals surface area contributed by atoms with Crippen LogP contribution in [0.5, 0.6) is 0 Å². The van der Waals surface area contributed by atoms with Gasteiger partial charge in [-0.1, -0.05) is 26.7 Å². The molecule has 1 N–H and O–H groups in total. The molecule has 0 spiro atoms. The third-order valence-electron chi connectivity index (χ3n) is 4.47. The molecule has 0 aromatic rings. The van der Waals surface area contributed by atoms with Crippen LogP contribution in [0.4, 0.5) is 0 Å². The zero-order valence-corrected chi connectivity index (χ0v) is 12.5. The molecule has 2 rings (SSSR count). The molecule has 2 aliphatic carbocycles. The van der Waals surface area contributed by atoms with Gasteiger partial charge in [0.15, 0.2) is 0 Å². The van der Waals surface area contributed by atoms with Gasteiger partial charge in [0.2, 0.25) is 0 Å². The summed E-state index contributed by atoms with van der Waals surface area (Å²) in [6.45, 7) is 4.38. The second kappa shape index (κ2) is 8.42. The van der Waals surface area contributed by atoms with Gasteiger partial charge in [0.1, 0.15) is 0 Å². The second-order valence-corrected chi connectivity index (χ2v) is 6.54. The number of aliphatic hydroxyl groups excluding tert-OH is 1. The Morgan fingerprint density at radius 2 is 1.24 bits per heavy atom. The van der Waals surface area contributed by atoms with Crippen LogP contribution in [-0.2, 0) is 0 Å². The van der Waals surface area contributed by atoms with Crippen LogP contribution in [0.25, 0.3) is 0 Å². The maximum atomic E-state index is 9.47. The van der Waals surface area contributed by atoms with Crippen LogP contribution in [0.2, 0.25) is 0 Å². The quantitative estimate of drug-likeness (QED) is 0.672. The molecule has 1 nitrogen and oxygen atoms in total. The van der Waals surface area contributed by atoms with Crippen LogP contribution in [0.1, 0.15) is 65.2 Å². The average Bonchev–Trinajstić information content (AvgIpc) is 2.32. The Kier molecular flexibility index (Phi) is 7.61. The van der Waals surface area contributed by atoms with Crippen LogP contribution in [0.3, 0.4) is 0 Å². The van der Waals surface area contributed by atoms with Crippen LogP contribution in [-0.4, -0.2) is 17.0 Å². The van der Waals surface area contributed by atoms with E-state index in [0.717, 1.165) is 36.3 Å². The topological polar surface area (TPSA) is 20.2 Å². The summed E-state index contributed by atoms with van der Waals surface area (Å²) in [4.78, 5) is 0. The van der Waals surface area contributed by atoms with Crippen molar-refractivity contribution in [3.05, 3.63) is 0 Å². The number of aliphatic hydroxyl groups is 1. The van der Waals surface area contributed by atoms with E-state index < -0.39 is 0 Å². The summed E-state index contributed by atoms with van der Waals surface area (Å²) < 4.78 is 0. The standard InChI is InChI=1S/C13H24O.C2H6S/c1-10-2-4-11(5-3-10)12-6-8-13(14)9-7-12;1-2-3/h10-14H,2-9H2,1H3;3H,2H2,1H3. The summed E-state index contributed by atoms with van der Waals surface area (Å²) >= 11 is 3.79. The molecule has 2 fully saturated rings. The van der Waals surface area contributed by atoms with Gasteiger partial charge in [0.05, 0.1) is 6.10 Å². The van der Waals surface area contributed by atoms with Crippen molar-refractivity contribution in [2.45, 2.75) is 71.3 Å². The van der Waals surface area contributed by atoms with Gasteiger partial charge >= 0.3 is 0 Å². The number of rotatable bonds is 1. The van der Waals surface area contributed by atoms with Gasteiger partial charge in [0, 0.05) is 0 Å². The first-order chi connectivity index (χ1) is 8.17. The van der Waals surface area contributed by atoms with Crippen molar-refractivity contribution in [2.75, 3.05) is 5.75 Å². The van der Waals surface area contributed by atoms with Gasteiger partial charge in [-0.05, 0) is 62.0 Å². The van der Waals surface area contributed by atoms with Crippen LogP contribution in [0.15, 0.2) is 0 Å². The Balaban J connectivity index is 0.000000437. The molecule has 2 saturated carbocycles. The van der Waals surface area contributed by atoms with E-state index in [1.807, 2.05) is 6.92 Å². The average molecular weight is 258 g/mol. The molecule has 0 radical (unpaired) electrons. The molecule has 0 aliphatic heterocycles. The monoisotopic (exact) mass is 258 g/mol. The van der Waals surface area contributed by atoms with E-state index in [2.05, 4.69) is 19.6 Å². The van der Waals surface area contributed by atoms with Crippen molar-refractivity contribution in [3.8, 4) is 0 Å². The van der Waals surface area contributed by atoms with Crippen molar-refractivity contribution in [1.29, 1.82) is 0 Å². The summed E-state index contributed by atoms with van der Waals surface area (Å²) in [7, 11) is 0. The molecule has 0 aromatic carbocycles. The molecule has 0 aromatic heterocycles. The zero-order chi connectivity index (χ0) is 12.7. The minimum atomic E-state index is 0.0220. The fraction of sp³-hybridized carbons (Fsp3) is 1.00. The minimum absolute atomic E-state index is 0.0220. The molecule has 2 aliphatic rings. The van der Waals surface area contributed by atoms with Gasteiger partial charge in [0.25, 0.3) is 0 Å². The lowest BCUT2D eigenvalue weighted by Crippen LogP contribution is -2.26.